The van der Waals surface area contributed by atoms with Crippen LogP contribution in [0.5, 0.6) is 0 Å². The van der Waals surface area contributed by atoms with Gasteiger partial charge in [0.25, 0.3) is 5.91 Å². The number of halogens is 1. The number of nitrogens with two attached hydrogens (primary N) is 1. The Hall–Kier alpha value is -0.920. The molecule has 0 aliphatic heterocycles. The number of carbonyl (C=O) groups excluding carboxylic acids is 1. The Bertz CT molecular complexity index is 688. The number of carbonyl (C=O) groups is 1. The highest BCUT2D eigenvalue weighted by atomic mass is 79.9. The average Bonchev–Trinajstić information content (AvgIpc) is 3.05. The summed E-state index contributed by atoms with van der Waals surface area (Å²) in [4.78, 5) is 14.0. The van der Waals surface area contributed by atoms with Gasteiger partial charge in [0.15, 0.2) is 0 Å². The quantitative estimate of drug-likeness (QED) is 0.876. The Morgan fingerprint density at radius 2 is 2.05 bits per heavy atom. The predicted molar refractivity (Wildman–Crippen MR) is 84.5 cm³/mol. The summed E-state index contributed by atoms with van der Waals surface area (Å²) in [7, 11) is -2.14. The summed E-state index contributed by atoms with van der Waals surface area (Å²) in [5.41, 5.74) is 1.01. The third-order valence-electron chi connectivity index (χ3n) is 3.91. The van der Waals surface area contributed by atoms with Crippen LogP contribution in [0.2, 0.25) is 0 Å². The molecule has 1 amide bonds. The first-order valence-corrected chi connectivity index (χ1v) is 9.03. The van der Waals surface area contributed by atoms with Gasteiger partial charge in [0.05, 0.1) is 4.90 Å². The molecule has 0 bridgehead atoms. The van der Waals surface area contributed by atoms with E-state index in [9.17, 15) is 13.2 Å². The summed E-state index contributed by atoms with van der Waals surface area (Å²) < 4.78 is 23.6. The molecule has 0 spiro atoms. The second kappa shape index (κ2) is 5.70. The average molecular weight is 375 g/mol. The topological polar surface area (TPSA) is 80.5 Å². The fourth-order valence-electron chi connectivity index (χ4n) is 2.38. The number of benzene rings is 1. The number of rotatable bonds is 4. The van der Waals surface area contributed by atoms with Crippen LogP contribution in [0.3, 0.4) is 0 Å². The van der Waals surface area contributed by atoms with E-state index in [0.717, 1.165) is 6.42 Å². The molecule has 1 aliphatic rings. The zero-order chi connectivity index (χ0) is 15.9. The first-order valence-electron chi connectivity index (χ1n) is 6.69. The van der Waals surface area contributed by atoms with Crippen molar-refractivity contribution in [3.63, 3.8) is 0 Å². The number of nitrogens with zero attached hydrogens (tertiary/aromatic N) is 1. The number of primary sulfonamides is 1. The van der Waals surface area contributed by atoms with Gasteiger partial charge in [0, 0.05) is 23.6 Å². The van der Waals surface area contributed by atoms with Crippen molar-refractivity contribution in [3.05, 3.63) is 27.7 Å². The molecular formula is C14H19BrN2O3S. The minimum absolute atomic E-state index is 0.0564. The van der Waals surface area contributed by atoms with Gasteiger partial charge in [-0.2, -0.15) is 0 Å². The third kappa shape index (κ3) is 3.64. The fraction of sp³-hybridized carbons (Fsp3) is 0.500. The molecule has 2 N–H and O–H groups in total. The number of hydrogen-bond donors (Lipinski definition) is 1. The van der Waals surface area contributed by atoms with Gasteiger partial charge in [0.2, 0.25) is 10.0 Å². The van der Waals surface area contributed by atoms with Crippen LogP contribution in [-0.2, 0) is 10.0 Å². The minimum Gasteiger partial charge on any atom is -0.341 e. The van der Waals surface area contributed by atoms with Gasteiger partial charge in [-0.3, -0.25) is 4.79 Å². The lowest BCUT2D eigenvalue weighted by Crippen LogP contribution is -2.29. The van der Waals surface area contributed by atoms with Crippen LogP contribution in [-0.4, -0.2) is 32.8 Å². The Morgan fingerprint density at radius 1 is 1.48 bits per heavy atom. The van der Waals surface area contributed by atoms with E-state index >= 15 is 0 Å². The molecule has 21 heavy (non-hydrogen) atoms. The molecular weight excluding hydrogens is 356 g/mol. The van der Waals surface area contributed by atoms with Crippen molar-refractivity contribution in [2.24, 2.45) is 17.0 Å². The van der Waals surface area contributed by atoms with E-state index in [0.29, 0.717) is 34.0 Å². The lowest BCUT2D eigenvalue weighted by molar-refractivity contribution is 0.0786. The molecule has 0 heterocycles. The highest BCUT2D eigenvalue weighted by Crippen LogP contribution is 2.38. The van der Waals surface area contributed by atoms with E-state index < -0.39 is 10.0 Å². The lowest BCUT2D eigenvalue weighted by atomic mass is 10.1. The van der Waals surface area contributed by atoms with E-state index in [4.69, 9.17) is 5.14 Å². The van der Waals surface area contributed by atoms with Crippen LogP contribution in [0.25, 0.3) is 0 Å². The largest absolute Gasteiger partial charge is 0.341 e. The predicted octanol–water partition coefficient (Wildman–Crippen LogP) is 2.13. The number of amides is 1. The van der Waals surface area contributed by atoms with E-state index in [-0.39, 0.29) is 10.8 Å². The molecule has 2 unspecified atom stereocenters. The normalized spacial score (nSPS) is 21.2. The first kappa shape index (κ1) is 16.5. The molecule has 0 aromatic heterocycles. The second-order valence-corrected chi connectivity index (χ2v) is 8.13. The molecule has 2 atom stereocenters. The molecule has 1 fully saturated rings. The summed E-state index contributed by atoms with van der Waals surface area (Å²) in [6.07, 6.45) is 1.14. The zero-order valence-electron chi connectivity index (χ0n) is 12.3. The van der Waals surface area contributed by atoms with Gasteiger partial charge >= 0.3 is 0 Å². The van der Waals surface area contributed by atoms with E-state index in [1.165, 1.54) is 6.07 Å². The highest BCUT2D eigenvalue weighted by molar-refractivity contribution is 9.10. The standard InChI is InChI=1S/C14H19BrN2O3S/c1-8-4-11(8)7-17(3)14(18)10-5-9(2)13(15)12(6-10)21(16,19)20/h5-6,8,11H,4,7H2,1-3H3,(H2,16,19,20). The van der Waals surface area contributed by atoms with Crippen LogP contribution in [0.4, 0.5) is 0 Å². The molecule has 1 saturated carbocycles. The summed E-state index contributed by atoms with van der Waals surface area (Å²) in [6, 6.07) is 3.01. The fourth-order valence-corrected chi connectivity index (χ4v) is 3.98. The summed E-state index contributed by atoms with van der Waals surface area (Å²) in [5, 5.41) is 5.20. The zero-order valence-corrected chi connectivity index (χ0v) is 14.7. The van der Waals surface area contributed by atoms with Crippen molar-refractivity contribution in [2.75, 3.05) is 13.6 Å². The number of hydrogen-bond acceptors (Lipinski definition) is 3. The SMILES string of the molecule is Cc1cc(C(=O)N(C)CC2CC2C)cc(S(N)(=O)=O)c1Br. The molecule has 7 heteroatoms. The van der Waals surface area contributed by atoms with Crippen molar-refractivity contribution < 1.29 is 13.2 Å². The van der Waals surface area contributed by atoms with E-state index in [1.54, 1.807) is 24.9 Å². The smallest absolute Gasteiger partial charge is 0.253 e. The van der Waals surface area contributed by atoms with Crippen molar-refractivity contribution in [1.82, 2.24) is 4.90 Å². The van der Waals surface area contributed by atoms with Gasteiger partial charge < -0.3 is 4.90 Å². The third-order valence-corrected chi connectivity index (χ3v) is 6.16. The maximum absolute atomic E-state index is 12.4. The Kier molecular flexibility index (Phi) is 4.46. The molecule has 1 aliphatic carbocycles. The van der Waals surface area contributed by atoms with Crippen LogP contribution < -0.4 is 5.14 Å². The van der Waals surface area contributed by atoms with E-state index in [1.807, 2.05) is 0 Å². The molecule has 1 aromatic rings. The Labute approximate surface area is 133 Å². The van der Waals surface area contributed by atoms with Crippen molar-refractivity contribution in [3.8, 4) is 0 Å². The van der Waals surface area contributed by atoms with Gasteiger partial charge in [-0.05, 0) is 58.8 Å². The van der Waals surface area contributed by atoms with Crippen LogP contribution >= 0.6 is 15.9 Å². The van der Waals surface area contributed by atoms with Crippen molar-refractivity contribution in [1.29, 1.82) is 0 Å². The summed E-state index contributed by atoms with van der Waals surface area (Å²) >= 11 is 3.21. The molecule has 5 nitrogen and oxygen atoms in total. The van der Waals surface area contributed by atoms with Gasteiger partial charge in [-0.1, -0.05) is 6.92 Å². The van der Waals surface area contributed by atoms with Gasteiger partial charge in [-0.25, -0.2) is 13.6 Å². The van der Waals surface area contributed by atoms with Crippen LogP contribution in [0.15, 0.2) is 21.5 Å². The highest BCUT2D eigenvalue weighted by Gasteiger charge is 2.34. The molecule has 1 aromatic carbocycles. The minimum atomic E-state index is -3.87. The maximum atomic E-state index is 12.4. The van der Waals surface area contributed by atoms with Gasteiger partial charge in [-0.15, -0.1) is 0 Å². The van der Waals surface area contributed by atoms with Crippen molar-refractivity contribution >= 4 is 31.9 Å². The number of sulfonamides is 1. The summed E-state index contributed by atoms with van der Waals surface area (Å²) in [6.45, 7) is 4.59. The van der Waals surface area contributed by atoms with Crippen molar-refractivity contribution in [2.45, 2.75) is 25.2 Å². The second-order valence-electron chi connectivity index (χ2n) is 5.81. The van der Waals surface area contributed by atoms with Gasteiger partial charge in [0.1, 0.15) is 0 Å². The van der Waals surface area contributed by atoms with E-state index in [2.05, 4.69) is 22.9 Å². The Morgan fingerprint density at radius 3 is 2.52 bits per heavy atom. The first-order chi connectivity index (χ1) is 9.61. The lowest BCUT2D eigenvalue weighted by Gasteiger charge is -2.18. The van der Waals surface area contributed by atoms with Crippen LogP contribution in [0, 0.1) is 18.8 Å². The Balaban J connectivity index is 2.31. The molecule has 0 saturated heterocycles. The molecule has 2 rings (SSSR count). The maximum Gasteiger partial charge on any atom is 0.253 e. The number of aryl methyl sites for hydroxylation is 1. The monoisotopic (exact) mass is 374 g/mol. The molecule has 116 valence electrons. The molecule has 0 radical (unpaired) electrons. The summed E-state index contributed by atoms with van der Waals surface area (Å²) in [5.74, 6) is 1.02. The van der Waals surface area contributed by atoms with Crippen LogP contribution in [0.1, 0.15) is 29.3 Å².